The van der Waals surface area contributed by atoms with Gasteiger partial charge in [0.05, 0.1) is 39.6 Å². The molecule has 0 fully saturated rings. The van der Waals surface area contributed by atoms with Gasteiger partial charge in [0.25, 0.3) is 0 Å². The number of rotatable bonds is 5. The van der Waals surface area contributed by atoms with Crippen molar-refractivity contribution >= 4 is 17.1 Å². The van der Waals surface area contributed by atoms with Crippen LogP contribution in [0.15, 0.2) is 207 Å². The van der Waals surface area contributed by atoms with Gasteiger partial charge in [0.2, 0.25) is 0 Å². The molecular formula is C52H34N4. The zero-order valence-corrected chi connectivity index (χ0v) is 30.4. The summed E-state index contributed by atoms with van der Waals surface area (Å²) in [6.07, 6.45) is 3.62. The van der Waals surface area contributed by atoms with Crippen molar-refractivity contribution < 1.29 is 0 Å². The van der Waals surface area contributed by atoms with Gasteiger partial charge in [-0.15, -0.1) is 0 Å². The number of hydrogen-bond donors (Lipinski definition) is 0. The Hall–Kier alpha value is -7.43. The summed E-state index contributed by atoms with van der Waals surface area (Å²) in [4.78, 5) is 16.6. The number of anilines is 3. The molecule has 4 heterocycles. The average Bonchev–Trinajstić information content (AvgIpc) is 3.57. The van der Waals surface area contributed by atoms with E-state index in [0.717, 1.165) is 45.2 Å². The minimum Gasteiger partial charge on any atom is -0.310 e. The summed E-state index contributed by atoms with van der Waals surface area (Å²) in [6.45, 7) is 0. The molecule has 4 nitrogen and oxygen atoms in total. The fraction of sp³-hybridized carbons (Fsp3) is 0.0192. The third kappa shape index (κ3) is 4.89. The van der Waals surface area contributed by atoms with Gasteiger partial charge in [-0.25, -0.2) is 4.98 Å². The standard InChI is InChI=1S/C52H34N4/c1-2-14-39(15-3-1)56-50-22-8-6-18-43(50)52(44-19-7-9-23-51(44)56)42-17-5-4-16-40(42)41-29-28-37(32-45(41)52)35-24-26-36(27-25-35)38-33-48(46-20-10-12-30-53-46)55-49(34-38)47-21-11-13-31-54-47/h1-34H. The van der Waals surface area contributed by atoms with E-state index in [0.29, 0.717) is 0 Å². The molecule has 1 aliphatic heterocycles. The van der Waals surface area contributed by atoms with E-state index in [1.165, 1.54) is 50.3 Å². The lowest BCUT2D eigenvalue weighted by Gasteiger charge is -2.45. The average molecular weight is 715 g/mol. The molecule has 1 aliphatic carbocycles. The molecule has 1 spiro atoms. The van der Waals surface area contributed by atoms with Crippen LogP contribution in [0.3, 0.4) is 0 Å². The maximum absolute atomic E-state index is 4.98. The minimum absolute atomic E-state index is 0.499. The molecule has 3 aromatic heterocycles. The first kappa shape index (κ1) is 32.0. The van der Waals surface area contributed by atoms with Gasteiger partial charge in [0.15, 0.2) is 0 Å². The van der Waals surface area contributed by atoms with Crippen molar-refractivity contribution in [1.29, 1.82) is 0 Å². The smallest absolute Gasteiger partial charge is 0.0900 e. The molecule has 262 valence electrons. The highest BCUT2D eigenvalue weighted by Crippen LogP contribution is 2.63. The Bertz CT molecular complexity index is 2800. The third-order valence-electron chi connectivity index (χ3n) is 11.4. The van der Waals surface area contributed by atoms with Crippen LogP contribution in [0.4, 0.5) is 17.1 Å². The van der Waals surface area contributed by atoms with Gasteiger partial charge in [-0.2, -0.15) is 0 Å². The molecule has 0 unspecified atom stereocenters. The first-order valence-electron chi connectivity index (χ1n) is 19.0. The monoisotopic (exact) mass is 714 g/mol. The molecule has 2 aliphatic rings. The molecule has 0 radical (unpaired) electrons. The van der Waals surface area contributed by atoms with E-state index in [1.54, 1.807) is 0 Å². The number of fused-ring (bicyclic) bond motifs is 9. The van der Waals surface area contributed by atoms with E-state index in [-0.39, 0.29) is 0 Å². The normalized spacial score (nSPS) is 13.1. The van der Waals surface area contributed by atoms with Crippen LogP contribution in [-0.4, -0.2) is 15.0 Å². The van der Waals surface area contributed by atoms with Crippen molar-refractivity contribution in [3.63, 3.8) is 0 Å². The summed E-state index contributed by atoms with van der Waals surface area (Å²) in [7, 11) is 0. The van der Waals surface area contributed by atoms with Crippen molar-refractivity contribution in [3.05, 3.63) is 229 Å². The topological polar surface area (TPSA) is 41.9 Å². The number of hydrogen-bond acceptors (Lipinski definition) is 4. The van der Waals surface area contributed by atoms with Gasteiger partial charge in [-0.3, -0.25) is 9.97 Å². The van der Waals surface area contributed by atoms with Crippen molar-refractivity contribution in [1.82, 2.24) is 15.0 Å². The second-order valence-corrected chi connectivity index (χ2v) is 14.4. The Kier molecular flexibility index (Phi) is 7.36. The van der Waals surface area contributed by atoms with Crippen LogP contribution in [-0.2, 0) is 5.41 Å². The van der Waals surface area contributed by atoms with Crippen LogP contribution < -0.4 is 4.90 Å². The minimum atomic E-state index is -0.499. The van der Waals surface area contributed by atoms with Crippen LogP contribution in [0, 0.1) is 0 Å². The summed E-state index contributed by atoms with van der Waals surface area (Å²) < 4.78 is 0. The van der Waals surface area contributed by atoms with Crippen molar-refractivity contribution in [2.45, 2.75) is 5.41 Å². The molecule has 4 heteroatoms. The van der Waals surface area contributed by atoms with Gasteiger partial charge in [0.1, 0.15) is 0 Å². The summed E-state index contributed by atoms with van der Waals surface area (Å²) in [5.41, 5.74) is 18.6. The Balaban J connectivity index is 1.06. The van der Waals surface area contributed by atoms with Crippen molar-refractivity contribution in [3.8, 4) is 56.2 Å². The second kappa shape index (κ2) is 12.9. The van der Waals surface area contributed by atoms with Crippen LogP contribution in [0.1, 0.15) is 22.3 Å². The van der Waals surface area contributed by atoms with E-state index in [9.17, 15) is 0 Å². The largest absolute Gasteiger partial charge is 0.310 e. The zero-order chi connectivity index (χ0) is 37.1. The molecule has 0 bridgehead atoms. The lowest BCUT2D eigenvalue weighted by atomic mass is 9.64. The summed E-state index contributed by atoms with van der Waals surface area (Å²) in [6, 6.07) is 69.7. The maximum Gasteiger partial charge on any atom is 0.0900 e. The highest BCUT2D eigenvalue weighted by Gasteiger charge is 2.51. The fourth-order valence-electron chi connectivity index (χ4n) is 8.98. The molecular weight excluding hydrogens is 681 g/mol. The van der Waals surface area contributed by atoms with Crippen molar-refractivity contribution in [2.75, 3.05) is 4.90 Å². The molecule has 0 N–H and O–H groups in total. The molecule has 56 heavy (non-hydrogen) atoms. The number of aromatic nitrogens is 3. The molecule has 9 aromatic rings. The predicted molar refractivity (Wildman–Crippen MR) is 227 cm³/mol. The van der Waals surface area contributed by atoms with Crippen LogP contribution in [0.25, 0.3) is 56.2 Å². The first-order chi connectivity index (χ1) is 27.8. The maximum atomic E-state index is 4.98. The van der Waals surface area contributed by atoms with Crippen LogP contribution in [0.5, 0.6) is 0 Å². The van der Waals surface area contributed by atoms with Gasteiger partial charge in [-0.1, -0.05) is 127 Å². The third-order valence-corrected chi connectivity index (χ3v) is 11.4. The Morgan fingerprint density at radius 2 is 0.839 bits per heavy atom. The number of nitrogens with zero attached hydrogens (tertiary/aromatic N) is 4. The van der Waals surface area contributed by atoms with Gasteiger partial charge >= 0.3 is 0 Å². The second-order valence-electron chi connectivity index (χ2n) is 14.4. The SMILES string of the molecule is c1ccc(N2c3ccccc3C3(c4ccccc4-c4ccc(-c5ccc(-c6cc(-c7ccccn7)nc(-c7ccccn7)c6)cc5)cc43)c3ccccc32)cc1. The Labute approximate surface area is 326 Å². The van der Waals surface area contributed by atoms with Gasteiger partial charge < -0.3 is 4.90 Å². The van der Waals surface area contributed by atoms with E-state index in [1.807, 2.05) is 48.8 Å². The van der Waals surface area contributed by atoms with E-state index >= 15 is 0 Å². The lowest BCUT2D eigenvalue weighted by molar-refractivity contribution is 0.753. The summed E-state index contributed by atoms with van der Waals surface area (Å²) in [5.74, 6) is 0. The number of para-hydroxylation sites is 3. The Morgan fingerprint density at radius 3 is 1.45 bits per heavy atom. The van der Waals surface area contributed by atoms with E-state index < -0.39 is 5.41 Å². The molecule has 0 saturated carbocycles. The van der Waals surface area contributed by atoms with Crippen molar-refractivity contribution in [2.24, 2.45) is 0 Å². The van der Waals surface area contributed by atoms with Gasteiger partial charge in [-0.05, 0) is 122 Å². The zero-order valence-electron chi connectivity index (χ0n) is 30.4. The summed E-state index contributed by atoms with van der Waals surface area (Å²) >= 11 is 0. The number of benzene rings is 6. The lowest BCUT2D eigenvalue weighted by Crippen LogP contribution is -2.36. The molecule has 11 rings (SSSR count). The predicted octanol–water partition coefficient (Wildman–Crippen LogP) is 12.7. The fourth-order valence-corrected chi connectivity index (χ4v) is 8.98. The van der Waals surface area contributed by atoms with E-state index in [4.69, 9.17) is 4.98 Å². The highest BCUT2D eigenvalue weighted by atomic mass is 15.2. The summed E-state index contributed by atoms with van der Waals surface area (Å²) in [5, 5.41) is 0. The quantitative estimate of drug-likeness (QED) is 0.178. The first-order valence-corrected chi connectivity index (χ1v) is 19.0. The Morgan fingerprint density at radius 1 is 0.339 bits per heavy atom. The molecule has 0 atom stereocenters. The van der Waals surface area contributed by atoms with Crippen LogP contribution in [0.2, 0.25) is 0 Å². The number of pyridine rings is 3. The highest BCUT2D eigenvalue weighted by molar-refractivity contribution is 5.96. The molecule has 6 aromatic carbocycles. The molecule has 0 amide bonds. The molecule has 0 saturated heterocycles. The van der Waals surface area contributed by atoms with E-state index in [2.05, 4.69) is 173 Å². The van der Waals surface area contributed by atoms with Gasteiger partial charge in [0, 0.05) is 18.1 Å². The van der Waals surface area contributed by atoms with Crippen LogP contribution >= 0.6 is 0 Å².